The number of rotatable bonds is 3. The highest BCUT2D eigenvalue weighted by Gasteiger charge is 2.24. The Morgan fingerprint density at radius 3 is 2.56 bits per heavy atom. The van der Waals surface area contributed by atoms with Crippen molar-refractivity contribution in [3.63, 3.8) is 0 Å². The molecular formula is C20H19FN4O2. The van der Waals surface area contributed by atoms with Gasteiger partial charge in [0.05, 0.1) is 5.56 Å². The zero-order valence-electron chi connectivity index (χ0n) is 14.7. The molecule has 0 atom stereocenters. The van der Waals surface area contributed by atoms with E-state index in [4.69, 9.17) is 4.52 Å². The number of halogens is 1. The number of amides is 1. The molecule has 1 aliphatic rings. The SMILES string of the molecule is O=C(c1ccccc1F)N1CCCN(c2noc(-c3ccccc3)n2)CC1. The number of benzene rings is 2. The highest BCUT2D eigenvalue weighted by Crippen LogP contribution is 2.21. The summed E-state index contributed by atoms with van der Waals surface area (Å²) in [5.41, 5.74) is 0.972. The number of hydrogen-bond donors (Lipinski definition) is 0. The van der Waals surface area contributed by atoms with Gasteiger partial charge in [0.15, 0.2) is 0 Å². The van der Waals surface area contributed by atoms with Gasteiger partial charge in [-0.3, -0.25) is 4.79 Å². The van der Waals surface area contributed by atoms with Crippen LogP contribution in [0, 0.1) is 5.82 Å². The second-order valence-corrected chi connectivity index (χ2v) is 6.38. The van der Waals surface area contributed by atoms with Crippen molar-refractivity contribution in [3.05, 3.63) is 66.0 Å². The molecule has 138 valence electrons. The van der Waals surface area contributed by atoms with E-state index in [0.29, 0.717) is 38.0 Å². The van der Waals surface area contributed by atoms with E-state index < -0.39 is 5.82 Å². The molecule has 1 saturated heterocycles. The lowest BCUT2D eigenvalue weighted by molar-refractivity contribution is 0.0762. The molecule has 3 aromatic rings. The van der Waals surface area contributed by atoms with E-state index in [1.165, 1.54) is 12.1 Å². The summed E-state index contributed by atoms with van der Waals surface area (Å²) in [7, 11) is 0. The first-order chi connectivity index (χ1) is 13.2. The van der Waals surface area contributed by atoms with Gasteiger partial charge in [0.1, 0.15) is 5.82 Å². The number of anilines is 1. The molecule has 1 amide bonds. The zero-order valence-corrected chi connectivity index (χ0v) is 14.7. The van der Waals surface area contributed by atoms with Crippen molar-refractivity contribution in [3.8, 4) is 11.5 Å². The molecule has 1 aliphatic heterocycles. The Balaban J connectivity index is 1.45. The van der Waals surface area contributed by atoms with Gasteiger partial charge in [0.25, 0.3) is 17.7 Å². The number of nitrogens with zero attached hydrogens (tertiary/aromatic N) is 4. The van der Waals surface area contributed by atoms with Crippen molar-refractivity contribution < 1.29 is 13.7 Å². The van der Waals surface area contributed by atoms with Gasteiger partial charge in [-0.05, 0) is 35.8 Å². The van der Waals surface area contributed by atoms with Crippen molar-refractivity contribution >= 4 is 11.9 Å². The van der Waals surface area contributed by atoms with Crippen LogP contribution in [-0.4, -0.2) is 47.1 Å². The fraction of sp³-hybridized carbons (Fsp3) is 0.250. The summed E-state index contributed by atoms with van der Waals surface area (Å²) < 4.78 is 19.3. The van der Waals surface area contributed by atoms with E-state index in [9.17, 15) is 9.18 Å². The fourth-order valence-electron chi connectivity index (χ4n) is 3.17. The Morgan fingerprint density at radius 1 is 0.963 bits per heavy atom. The summed E-state index contributed by atoms with van der Waals surface area (Å²) in [5.74, 6) is 0.200. The zero-order chi connectivity index (χ0) is 18.6. The third kappa shape index (κ3) is 3.67. The van der Waals surface area contributed by atoms with Gasteiger partial charge >= 0.3 is 0 Å². The van der Waals surface area contributed by atoms with Gasteiger partial charge in [-0.2, -0.15) is 4.98 Å². The molecule has 0 radical (unpaired) electrons. The van der Waals surface area contributed by atoms with Crippen molar-refractivity contribution in [1.82, 2.24) is 15.0 Å². The van der Waals surface area contributed by atoms with E-state index in [1.54, 1.807) is 17.0 Å². The quantitative estimate of drug-likeness (QED) is 0.712. The van der Waals surface area contributed by atoms with Crippen LogP contribution in [0.4, 0.5) is 10.3 Å². The molecule has 0 saturated carbocycles. The largest absolute Gasteiger partial charge is 0.337 e. The van der Waals surface area contributed by atoms with Gasteiger partial charge < -0.3 is 14.3 Å². The molecule has 1 aromatic heterocycles. The van der Waals surface area contributed by atoms with Crippen molar-refractivity contribution in [2.75, 3.05) is 31.1 Å². The third-order valence-corrected chi connectivity index (χ3v) is 4.61. The van der Waals surface area contributed by atoms with Crippen molar-refractivity contribution in [2.24, 2.45) is 0 Å². The molecule has 6 nitrogen and oxygen atoms in total. The van der Waals surface area contributed by atoms with E-state index in [2.05, 4.69) is 10.1 Å². The smallest absolute Gasteiger partial charge is 0.266 e. The molecule has 0 aliphatic carbocycles. The van der Waals surface area contributed by atoms with Crippen LogP contribution in [-0.2, 0) is 0 Å². The predicted molar refractivity (Wildman–Crippen MR) is 98.9 cm³/mol. The summed E-state index contributed by atoms with van der Waals surface area (Å²) in [6, 6.07) is 15.7. The summed E-state index contributed by atoms with van der Waals surface area (Å²) in [6.07, 6.45) is 0.745. The Bertz CT molecular complexity index is 928. The maximum atomic E-state index is 13.9. The fourth-order valence-corrected chi connectivity index (χ4v) is 3.17. The second-order valence-electron chi connectivity index (χ2n) is 6.38. The summed E-state index contributed by atoms with van der Waals surface area (Å²) in [6.45, 7) is 2.30. The predicted octanol–water partition coefficient (Wildman–Crippen LogP) is 3.23. The normalized spacial score (nSPS) is 14.9. The Labute approximate surface area is 156 Å². The third-order valence-electron chi connectivity index (χ3n) is 4.61. The minimum atomic E-state index is -0.491. The standard InChI is InChI=1S/C20H19FN4O2/c21-17-10-5-4-9-16(17)19(26)24-11-6-12-25(14-13-24)20-22-18(27-23-20)15-7-2-1-3-8-15/h1-5,7-10H,6,11-14H2. The molecule has 0 spiro atoms. The number of carbonyl (C=O) groups excluding carboxylic acids is 1. The lowest BCUT2D eigenvalue weighted by atomic mass is 10.2. The van der Waals surface area contributed by atoms with Crippen LogP contribution < -0.4 is 4.90 Å². The summed E-state index contributed by atoms with van der Waals surface area (Å²) >= 11 is 0. The second kappa shape index (κ2) is 7.57. The van der Waals surface area contributed by atoms with Crippen molar-refractivity contribution in [2.45, 2.75) is 6.42 Å². The maximum Gasteiger partial charge on any atom is 0.266 e. The van der Waals surface area contributed by atoms with Gasteiger partial charge in [-0.15, -0.1) is 0 Å². The molecule has 0 N–H and O–H groups in total. The van der Waals surface area contributed by atoms with Crippen molar-refractivity contribution in [1.29, 1.82) is 0 Å². The molecular weight excluding hydrogens is 347 g/mol. The first-order valence-corrected chi connectivity index (χ1v) is 8.90. The van der Waals surface area contributed by atoms with E-state index in [-0.39, 0.29) is 11.5 Å². The highest BCUT2D eigenvalue weighted by molar-refractivity contribution is 5.94. The van der Waals surface area contributed by atoms with Gasteiger partial charge in [-0.1, -0.05) is 30.3 Å². The lowest BCUT2D eigenvalue weighted by Gasteiger charge is -2.21. The Morgan fingerprint density at radius 2 is 1.74 bits per heavy atom. The lowest BCUT2D eigenvalue weighted by Crippen LogP contribution is -2.35. The molecule has 0 bridgehead atoms. The van der Waals surface area contributed by atoms with Gasteiger partial charge in [0, 0.05) is 31.7 Å². The monoisotopic (exact) mass is 366 g/mol. The van der Waals surface area contributed by atoms with Crippen LogP contribution >= 0.6 is 0 Å². The maximum absolute atomic E-state index is 13.9. The van der Waals surface area contributed by atoms with Crippen LogP contribution in [0.3, 0.4) is 0 Å². The van der Waals surface area contributed by atoms with Crippen LogP contribution in [0.2, 0.25) is 0 Å². The molecule has 2 aromatic carbocycles. The average molecular weight is 366 g/mol. The molecule has 27 heavy (non-hydrogen) atoms. The Kier molecular flexibility index (Phi) is 4.82. The van der Waals surface area contributed by atoms with Crippen LogP contribution in [0.5, 0.6) is 0 Å². The van der Waals surface area contributed by atoms with Crippen LogP contribution in [0.25, 0.3) is 11.5 Å². The first kappa shape index (κ1) is 17.2. The number of carbonyl (C=O) groups is 1. The highest BCUT2D eigenvalue weighted by atomic mass is 19.1. The number of aromatic nitrogens is 2. The summed E-state index contributed by atoms with van der Waals surface area (Å²) in [5, 5.41) is 4.08. The van der Waals surface area contributed by atoms with Gasteiger partial charge in [-0.25, -0.2) is 4.39 Å². The van der Waals surface area contributed by atoms with Crippen LogP contribution in [0.1, 0.15) is 16.8 Å². The minimum Gasteiger partial charge on any atom is -0.337 e. The molecule has 4 rings (SSSR count). The van der Waals surface area contributed by atoms with E-state index >= 15 is 0 Å². The average Bonchev–Trinajstić information content (AvgIpc) is 3.07. The van der Waals surface area contributed by atoms with Crippen LogP contribution in [0.15, 0.2) is 59.1 Å². The first-order valence-electron chi connectivity index (χ1n) is 8.90. The minimum absolute atomic E-state index is 0.108. The van der Waals surface area contributed by atoms with Gasteiger partial charge in [0.2, 0.25) is 0 Å². The molecule has 1 fully saturated rings. The topological polar surface area (TPSA) is 62.5 Å². The van der Waals surface area contributed by atoms with E-state index in [1.807, 2.05) is 35.2 Å². The molecule has 7 heteroatoms. The van der Waals surface area contributed by atoms with E-state index in [0.717, 1.165) is 12.0 Å². The number of hydrogen-bond acceptors (Lipinski definition) is 5. The molecule has 2 heterocycles. The molecule has 0 unspecified atom stereocenters. The Hall–Kier alpha value is -3.22. The summed E-state index contributed by atoms with van der Waals surface area (Å²) in [4.78, 5) is 20.8.